The van der Waals surface area contributed by atoms with Gasteiger partial charge in [-0.05, 0) is 141 Å². The number of nitrogens with zero attached hydrogens (tertiary/aromatic N) is 2. The van der Waals surface area contributed by atoms with Crippen LogP contribution in [0.5, 0.6) is 11.5 Å². The molecule has 3 heteroatoms. The summed E-state index contributed by atoms with van der Waals surface area (Å²) < 4.78 is 6.31. The Balaban J connectivity index is 0.887. The number of ether oxygens (including phenoxy) is 1. The van der Waals surface area contributed by atoms with Crippen molar-refractivity contribution < 1.29 is 4.74 Å². The minimum Gasteiger partial charge on any atom is -0.453 e. The molecule has 1 atom stereocenters. The lowest BCUT2D eigenvalue weighted by atomic mass is 9.81. The van der Waals surface area contributed by atoms with E-state index in [-0.39, 0.29) is 5.41 Å². The summed E-state index contributed by atoms with van der Waals surface area (Å²) in [6, 6.07) is 53.3. The lowest BCUT2D eigenvalue weighted by molar-refractivity contribution is 0.477. The van der Waals surface area contributed by atoms with E-state index >= 15 is 0 Å². The van der Waals surface area contributed by atoms with Gasteiger partial charge < -0.3 is 14.5 Å². The summed E-state index contributed by atoms with van der Waals surface area (Å²) >= 11 is 0. The molecule has 0 spiro atoms. The average molecular weight is 737 g/mol. The first-order valence-electron chi connectivity index (χ1n) is 20.3. The normalized spacial score (nSPS) is 17.4. The van der Waals surface area contributed by atoms with E-state index in [1.165, 1.54) is 72.4 Å². The second kappa shape index (κ2) is 13.0. The summed E-state index contributed by atoms with van der Waals surface area (Å²) in [6.45, 7) is 7.05. The smallest absolute Gasteiger partial charge is 0.151 e. The molecule has 1 unspecified atom stereocenters. The topological polar surface area (TPSA) is 15.7 Å². The third-order valence-corrected chi connectivity index (χ3v) is 12.6. The van der Waals surface area contributed by atoms with Crippen molar-refractivity contribution in [1.29, 1.82) is 0 Å². The summed E-state index contributed by atoms with van der Waals surface area (Å²) in [5.41, 5.74) is 17.7. The standard InChI is InChI=1S/C54H44N2O/c1-35-16-21-39-24-23-38-10-4-5-11-48(38)55(51(39)30-35)42-26-25-40-31-36(19-22-41(40)33-42)17-18-37-20-28-44-45-29-27-43(34-47(45)54(2,3)46(44)32-37)56-49-12-6-8-14-52(49)57-53-15-9-7-13-50(53)56/h4-22,25-29,31-35H,23-24,30H2,1-3H3/b18-17+. The lowest BCUT2D eigenvalue weighted by Crippen LogP contribution is -2.21. The Morgan fingerprint density at radius 1 is 0.579 bits per heavy atom. The Labute approximate surface area is 335 Å². The maximum Gasteiger partial charge on any atom is 0.151 e. The Hall–Kier alpha value is -6.58. The zero-order valence-corrected chi connectivity index (χ0v) is 32.7. The molecule has 0 bridgehead atoms. The van der Waals surface area contributed by atoms with Crippen LogP contribution in [0.1, 0.15) is 61.4 Å². The molecule has 57 heavy (non-hydrogen) atoms. The molecule has 3 nitrogen and oxygen atoms in total. The lowest BCUT2D eigenvalue weighted by Gasteiger charge is -2.33. The molecule has 7 aromatic rings. The zero-order chi connectivity index (χ0) is 38.3. The van der Waals surface area contributed by atoms with Crippen LogP contribution in [0.25, 0.3) is 34.1 Å². The molecule has 2 aliphatic carbocycles. The minimum absolute atomic E-state index is 0.160. The molecule has 0 N–H and O–H groups in total. The number of hydrogen-bond donors (Lipinski definition) is 0. The molecular formula is C54H44N2O. The Morgan fingerprint density at radius 2 is 1.18 bits per heavy atom. The van der Waals surface area contributed by atoms with E-state index in [0.29, 0.717) is 5.92 Å². The third-order valence-electron chi connectivity index (χ3n) is 12.6. The number of aryl methyl sites for hydroxylation is 1. The van der Waals surface area contributed by atoms with Crippen LogP contribution in [-0.4, -0.2) is 0 Å². The minimum atomic E-state index is -0.160. The van der Waals surface area contributed by atoms with Gasteiger partial charge in [0.15, 0.2) is 11.5 Å². The Morgan fingerprint density at radius 3 is 1.96 bits per heavy atom. The third kappa shape index (κ3) is 5.56. The molecule has 0 saturated heterocycles. The highest BCUT2D eigenvalue weighted by Crippen LogP contribution is 2.54. The first kappa shape index (κ1) is 33.7. The SMILES string of the molecule is CC1C=CC2=C(C1)N(c1ccc3cc(/C=C/c4ccc5c(c4)C(C)(C)c4cc(N6c7ccccc7Oc7ccccc76)ccc4-5)ccc3c1)c1ccccc1CC2. The van der Waals surface area contributed by atoms with Crippen LogP contribution < -0.4 is 14.5 Å². The van der Waals surface area contributed by atoms with Crippen LogP contribution >= 0.6 is 0 Å². The molecule has 0 aromatic heterocycles. The van der Waals surface area contributed by atoms with Gasteiger partial charge in [-0.3, -0.25) is 0 Å². The highest BCUT2D eigenvalue weighted by Gasteiger charge is 2.37. The largest absolute Gasteiger partial charge is 0.453 e. The summed E-state index contributed by atoms with van der Waals surface area (Å²) in [4.78, 5) is 4.88. The molecule has 4 aliphatic rings. The van der Waals surface area contributed by atoms with Crippen LogP contribution in [0.3, 0.4) is 0 Å². The number of hydrogen-bond acceptors (Lipinski definition) is 3. The van der Waals surface area contributed by atoms with E-state index in [0.717, 1.165) is 47.8 Å². The van der Waals surface area contributed by atoms with E-state index < -0.39 is 0 Å². The van der Waals surface area contributed by atoms with Crippen molar-refractivity contribution in [3.63, 3.8) is 0 Å². The summed E-state index contributed by atoms with van der Waals surface area (Å²) in [6.07, 6.45) is 12.5. The molecule has 2 aliphatic heterocycles. The fourth-order valence-corrected chi connectivity index (χ4v) is 9.65. The maximum absolute atomic E-state index is 6.31. The molecule has 276 valence electrons. The van der Waals surface area contributed by atoms with Crippen molar-refractivity contribution in [3.05, 3.63) is 197 Å². The van der Waals surface area contributed by atoms with Crippen LogP contribution in [0.2, 0.25) is 0 Å². The maximum atomic E-state index is 6.31. The van der Waals surface area contributed by atoms with Crippen molar-refractivity contribution in [2.75, 3.05) is 9.80 Å². The average Bonchev–Trinajstić information content (AvgIpc) is 3.34. The van der Waals surface area contributed by atoms with E-state index in [1.807, 2.05) is 24.3 Å². The molecule has 0 saturated carbocycles. The predicted octanol–water partition coefficient (Wildman–Crippen LogP) is 14.8. The van der Waals surface area contributed by atoms with Crippen molar-refractivity contribution in [2.45, 2.75) is 45.4 Å². The number of para-hydroxylation sites is 5. The van der Waals surface area contributed by atoms with Gasteiger partial charge in [0.05, 0.1) is 11.4 Å². The fourth-order valence-electron chi connectivity index (χ4n) is 9.65. The van der Waals surface area contributed by atoms with E-state index in [2.05, 4.69) is 176 Å². The molecule has 2 heterocycles. The van der Waals surface area contributed by atoms with Gasteiger partial charge in [-0.2, -0.15) is 0 Å². The Kier molecular flexibility index (Phi) is 7.69. The number of rotatable bonds is 4. The van der Waals surface area contributed by atoms with Crippen molar-refractivity contribution in [2.24, 2.45) is 5.92 Å². The van der Waals surface area contributed by atoms with Gasteiger partial charge in [0.2, 0.25) is 0 Å². The fraction of sp³-hybridized carbons (Fsp3) is 0.148. The highest BCUT2D eigenvalue weighted by molar-refractivity contribution is 5.92. The van der Waals surface area contributed by atoms with E-state index in [4.69, 9.17) is 4.74 Å². The number of fused-ring (bicyclic) bond motifs is 7. The summed E-state index contributed by atoms with van der Waals surface area (Å²) in [5.74, 6) is 2.27. The summed E-state index contributed by atoms with van der Waals surface area (Å²) in [7, 11) is 0. The first-order valence-corrected chi connectivity index (χ1v) is 20.3. The van der Waals surface area contributed by atoms with Crippen LogP contribution in [0.4, 0.5) is 28.4 Å². The first-order chi connectivity index (χ1) is 27.9. The van der Waals surface area contributed by atoms with Crippen LogP contribution in [-0.2, 0) is 11.8 Å². The van der Waals surface area contributed by atoms with E-state index in [9.17, 15) is 0 Å². The van der Waals surface area contributed by atoms with Crippen molar-refractivity contribution in [3.8, 4) is 22.6 Å². The number of allylic oxidation sites excluding steroid dienone is 4. The molecule has 0 fully saturated rings. The predicted molar refractivity (Wildman–Crippen MR) is 238 cm³/mol. The Bertz CT molecular complexity index is 2830. The highest BCUT2D eigenvalue weighted by atomic mass is 16.5. The molecule has 7 aromatic carbocycles. The monoisotopic (exact) mass is 736 g/mol. The van der Waals surface area contributed by atoms with Crippen LogP contribution in [0.15, 0.2) is 169 Å². The molecular weight excluding hydrogens is 693 g/mol. The summed E-state index contributed by atoms with van der Waals surface area (Å²) in [5, 5.41) is 2.51. The molecule has 0 amide bonds. The van der Waals surface area contributed by atoms with Gasteiger partial charge >= 0.3 is 0 Å². The van der Waals surface area contributed by atoms with Gasteiger partial charge in [0.25, 0.3) is 0 Å². The van der Waals surface area contributed by atoms with Crippen molar-refractivity contribution >= 4 is 51.4 Å². The zero-order valence-electron chi connectivity index (χ0n) is 32.7. The van der Waals surface area contributed by atoms with Gasteiger partial charge in [-0.25, -0.2) is 0 Å². The van der Waals surface area contributed by atoms with E-state index in [1.54, 1.807) is 0 Å². The van der Waals surface area contributed by atoms with Crippen LogP contribution in [0, 0.1) is 5.92 Å². The van der Waals surface area contributed by atoms with Crippen molar-refractivity contribution in [1.82, 2.24) is 0 Å². The molecule has 11 rings (SSSR count). The second-order valence-corrected chi connectivity index (χ2v) is 16.6. The van der Waals surface area contributed by atoms with Gasteiger partial charge in [-0.1, -0.05) is 130 Å². The quantitative estimate of drug-likeness (QED) is 0.167. The van der Waals surface area contributed by atoms with Gasteiger partial charge in [0.1, 0.15) is 0 Å². The molecule has 0 radical (unpaired) electrons. The van der Waals surface area contributed by atoms with Gasteiger partial charge in [-0.15, -0.1) is 0 Å². The number of benzene rings is 7. The van der Waals surface area contributed by atoms with Gasteiger partial charge in [0, 0.05) is 28.2 Å². The second-order valence-electron chi connectivity index (χ2n) is 16.6. The number of anilines is 5.